The van der Waals surface area contributed by atoms with Crippen LogP contribution in [0.25, 0.3) is 0 Å². The number of ether oxygens (including phenoxy) is 1. The summed E-state index contributed by atoms with van der Waals surface area (Å²) in [7, 11) is 1.86. The molecule has 0 saturated heterocycles. The maximum atomic E-state index is 11.9. The van der Waals surface area contributed by atoms with Crippen LogP contribution in [0.2, 0.25) is 0 Å². The molecule has 0 N–H and O–H groups in total. The molecule has 3 nitrogen and oxygen atoms in total. The van der Waals surface area contributed by atoms with E-state index in [-0.39, 0.29) is 5.97 Å². The van der Waals surface area contributed by atoms with E-state index in [1.54, 1.807) is 0 Å². The number of hydrogen-bond acceptors (Lipinski definition) is 3. The van der Waals surface area contributed by atoms with Gasteiger partial charge in [-0.2, -0.15) is 0 Å². The van der Waals surface area contributed by atoms with Gasteiger partial charge >= 0.3 is 5.97 Å². The fourth-order valence-electron chi connectivity index (χ4n) is 4.18. The van der Waals surface area contributed by atoms with Crippen LogP contribution in [0.3, 0.4) is 0 Å². The zero-order chi connectivity index (χ0) is 28.1. The highest BCUT2D eigenvalue weighted by Crippen LogP contribution is 2.29. The molecule has 3 heteroatoms. The molecule has 1 aliphatic rings. The molecule has 0 spiro atoms. The van der Waals surface area contributed by atoms with Crippen LogP contribution in [0.5, 0.6) is 0 Å². The van der Waals surface area contributed by atoms with Gasteiger partial charge in [-0.15, -0.1) is 6.42 Å². The van der Waals surface area contributed by atoms with Gasteiger partial charge in [0.15, 0.2) is 0 Å². The average Bonchev–Trinajstić information content (AvgIpc) is 3.46. The third-order valence-corrected chi connectivity index (χ3v) is 6.19. The lowest BCUT2D eigenvalue weighted by Gasteiger charge is -2.10. The summed E-state index contributed by atoms with van der Waals surface area (Å²) in [5.41, 5.74) is 0. The number of hydrogen-bond donors (Lipinski definition) is 0. The third-order valence-electron chi connectivity index (χ3n) is 6.19. The summed E-state index contributed by atoms with van der Waals surface area (Å²) in [5, 5.41) is 0. The van der Waals surface area contributed by atoms with Crippen molar-refractivity contribution in [3.05, 3.63) is 0 Å². The van der Waals surface area contributed by atoms with Gasteiger partial charge in [-0.3, -0.25) is 4.79 Å². The molecule has 1 rings (SSSR count). The van der Waals surface area contributed by atoms with Crippen molar-refractivity contribution in [2.75, 3.05) is 20.2 Å². The van der Waals surface area contributed by atoms with E-state index in [9.17, 15) is 4.79 Å². The fraction of sp³-hybridized carbons (Fsp3) is 0.528. The molecule has 0 aromatic rings. The highest BCUT2D eigenvalue weighted by Gasteiger charge is 2.13. The lowest BCUT2D eigenvalue weighted by molar-refractivity contribution is -0.143. The fourth-order valence-corrected chi connectivity index (χ4v) is 4.18. The minimum Gasteiger partial charge on any atom is -0.466 e. The second kappa shape index (κ2) is 25.4. The average molecular weight is 518 g/mol. The molecule has 0 amide bonds. The predicted octanol–water partition coefficient (Wildman–Crippen LogP) is 5.56. The highest BCUT2D eigenvalue weighted by atomic mass is 16.5. The number of carbonyl (C=O) groups excluding carboxylic acids is 1. The minimum atomic E-state index is -0.100. The van der Waals surface area contributed by atoms with Gasteiger partial charge in [0.25, 0.3) is 0 Å². The first kappa shape index (κ1) is 32.8. The van der Waals surface area contributed by atoms with Crippen molar-refractivity contribution in [2.45, 2.75) is 96.3 Å². The summed E-state index contributed by atoms with van der Waals surface area (Å²) >= 11 is 0. The largest absolute Gasteiger partial charge is 0.466 e. The maximum Gasteiger partial charge on any atom is 0.305 e. The molecule has 0 aliphatic heterocycles. The topological polar surface area (TPSA) is 29.5 Å². The van der Waals surface area contributed by atoms with Gasteiger partial charge in [0.05, 0.1) is 6.61 Å². The minimum absolute atomic E-state index is 0.100. The van der Waals surface area contributed by atoms with Crippen LogP contribution in [0, 0.1) is 101 Å². The van der Waals surface area contributed by atoms with Crippen LogP contribution in [0.1, 0.15) is 96.3 Å². The van der Waals surface area contributed by atoms with Crippen LogP contribution in [0.15, 0.2) is 0 Å². The summed E-state index contributed by atoms with van der Waals surface area (Å²) in [6.45, 7) is 1.10. The van der Waals surface area contributed by atoms with Crippen LogP contribution in [-0.2, 0) is 9.53 Å². The number of nitrogens with zero attached hydrogens (tertiary/aromatic N) is 1. The van der Waals surface area contributed by atoms with Crippen LogP contribution in [0.4, 0.5) is 0 Å². The smallest absolute Gasteiger partial charge is 0.305 e. The van der Waals surface area contributed by atoms with Gasteiger partial charge in [-0.05, 0) is 60.2 Å². The van der Waals surface area contributed by atoms with Crippen LogP contribution >= 0.6 is 0 Å². The Morgan fingerprint density at radius 2 is 1.18 bits per heavy atom. The number of terminal acetylenes is 1. The van der Waals surface area contributed by atoms with Crippen molar-refractivity contribution in [3.63, 3.8) is 0 Å². The second-order valence-corrected chi connectivity index (χ2v) is 9.39. The highest BCUT2D eigenvalue weighted by molar-refractivity contribution is 5.69. The molecule has 0 unspecified atom stereocenters. The monoisotopic (exact) mass is 517 g/mol. The Balaban J connectivity index is 1.98. The molecule has 0 radical (unpaired) electrons. The van der Waals surface area contributed by atoms with E-state index in [0.29, 0.717) is 19.6 Å². The van der Waals surface area contributed by atoms with E-state index in [1.165, 1.54) is 70.6 Å². The van der Waals surface area contributed by atoms with Crippen LogP contribution < -0.4 is 0 Å². The van der Waals surface area contributed by atoms with Crippen molar-refractivity contribution >= 4 is 5.97 Å². The Morgan fingerprint density at radius 3 is 1.74 bits per heavy atom. The van der Waals surface area contributed by atoms with Crippen molar-refractivity contribution in [1.29, 1.82) is 0 Å². The number of unbranched alkanes of at least 4 members (excludes halogenated alkanes) is 7. The summed E-state index contributed by atoms with van der Waals surface area (Å²) in [6, 6.07) is 2.90. The molecule has 1 saturated carbocycles. The molecular formula is C36H39NO2. The lowest BCUT2D eigenvalue weighted by atomic mass is 9.99. The Hall–Kier alpha value is -4.25. The summed E-state index contributed by atoms with van der Waals surface area (Å²) in [5.74, 6) is 36.0. The summed E-state index contributed by atoms with van der Waals surface area (Å²) in [6.07, 6.45) is 23.5. The van der Waals surface area contributed by atoms with Gasteiger partial charge in [-0.25, -0.2) is 0 Å². The van der Waals surface area contributed by atoms with E-state index >= 15 is 0 Å². The molecule has 200 valence electrons. The standard InChI is InChI=1S/C36H39NO2/c1-3-4-5-6-7-8-9-10-11-12-15-18-21-26-32-37(2)33-27-34-39-36(38)31-23-20-17-14-13-16-19-22-28-35-29-24-25-30-35/h1,35H,13-14,16-17,19-20,22-25,27-31,33-34H2,2H3. The molecule has 0 aromatic carbocycles. The van der Waals surface area contributed by atoms with Crippen molar-refractivity contribution in [1.82, 2.24) is 4.90 Å². The van der Waals surface area contributed by atoms with Crippen molar-refractivity contribution in [3.8, 4) is 95.4 Å². The quantitative estimate of drug-likeness (QED) is 0.123. The maximum absolute atomic E-state index is 11.9. The Bertz CT molecular complexity index is 1210. The Kier molecular flexibility index (Phi) is 21.3. The number of esters is 1. The van der Waals surface area contributed by atoms with E-state index < -0.39 is 0 Å². The van der Waals surface area contributed by atoms with Gasteiger partial charge < -0.3 is 9.64 Å². The zero-order valence-corrected chi connectivity index (χ0v) is 23.4. The molecule has 0 bridgehead atoms. The predicted molar refractivity (Wildman–Crippen MR) is 160 cm³/mol. The Labute approximate surface area is 238 Å². The molecule has 0 heterocycles. The summed E-state index contributed by atoms with van der Waals surface area (Å²) < 4.78 is 5.33. The third kappa shape index (κ3) is 22.7. The molecular weight excluding hydrogens is 478 g/mol. The van der Waals surface area contributed by atoms with Crippen molar-refractivity contribution in [2.24, 2.45) is 5.92 Å². The van der Waals surface area contributed by atoms with E-state index in [2.05, 4.69) is 88.9 Å². The normalized spacial score (nSPS) is 10.7. The Morgan fingerprint density at radius 1 is 0.692 bits per heavy atom. The molecule has 0 atom stereocenters. The first-order valence-corrected chi connectivity index (χ1v) is 14.1. The SMILES string of the molecule is C#CC#CC#CC#CC#CC#CC#CC#CN(C)CCCOC(=O)CCCCCCCCCCC1CCCC1. The van der Waals surface area contributed by atoms with E-state index in [0.717, 1.165) is 25.2 Å². The van der Waals surface area contributed by atoms with Crippen LogP contribution in [-0.4, -0.2) is 31.1 Å². The van der Waals surface area contributed by atoms with E-state index in [1.807, 2.05) is 11.9 Å². The zero-order valence-electron chi connectivity index (χ0n) is 23.4. The number of carbonyl (C=O) groups is 1. The van der Waals surface area contributed by atoms with Gasteiger partial charge in [0.2, 0.25) is 0 Å². The van der Waals surface area contributed by atoms with Gasteiger partial charge in [-0.1, -0.05) is 77.0 Å². The first-order chi connectivity index (χ1) is 19.2. The van der Waals surface area contributed by atoms with Crippen molar-refractivity contribution < 1.29 is 9.53 Å². The van der Waals surface area contributed by atoms with E-state index in [4.69, 9.17) is 11.2 Å². The van der Waals surface area contributed by atoms with Gasteiger partial charge in [0.1, 0.15) is 0 Å². The molecule has 0 aromatic heterocycles. The van der Waals surface area contributed by atoms with Gasteiger partial charge in [0, 0.05) is 67.5 Å². The molecule has 1 fully saturated rings. The molecule has 39 heavy (non-hydrogen) atoms. The number of rotatable bonds is 15. The first-order valence-electron chi connectivity index (χ1n) is 14.1. The lowest BCUT2D eigenvalue weighted by Crippen LogP contribution is -2.16. The molecule has 1 aliphatic carbocycles. The summed E-state index contributed by atoms with van der Waals surface area (Å²) in [4.78, 5) is 13.7. The second-order valence-electron chi connectivity index (χ2n) is 9.39.